The lowest BCUT2D eigenvalue weighted by Gasteiger charge is -2.16. The summed E-state index contributed by atoms with van der Waals surface area (Å²) in [6, 6.07) is 0. The second-order valence-electron chi connectivity index (χ2n) is 2.30. The first kappa shape index (κ1) is 5.48. The molecule has 50 valence electrons. The quantitative estimate of drug-likeness (QED) is 0.423. The van der Waals surface area contributed by atoms with E-state index in [2.05, 4.69) is 16.8 Å². The molecule has 3 nitrogen and oxygen atoms in total. The van der Waals surface area contributed by atoms with Crippen molar-refractivity contribution in [1.82, 2.24) is 4.90 Å². The van der Waals surface area contributed by atoms with E-state index in [9.17, 15) is 4.79 Å². The number of rotatable bonds is 0. The molecule has 2 rings (SSSR count). The van der Waals surface area contributed by atoms with Crippen molar-refractivity contribution < 1.29 is 4.79 Å². The Morgan fingerprint density at radius 1 is 1.60 bits per heavy atom. The number of hydrogen-bond donors (Lipinski definition) is 0. The summed E-state index contributed by atoms with van der Waals surface area (Å²) in [6.45, 7) is 1.29. The maximum absolute atomic E-state index is 10.7. The molecular formula is C7H6N2O. The molecule has 0 radical (unpaired) electrons. The van der Waals surface area contributed by atoms with Crippen molar-refractivity contribution in [2.45, 2.75) is 6.42 Å². The van der Waals surface area contributed by atoms with Crippen LogP contribution in [0.5, 0.6) is 0 Å². The first-order chi connectivity index (χ1) is 4.86. The van der Waals surface area contributed by atoms with Gasteiger partial charge in [-0.05, 0) is 5.92 Å². The van der Waals surface area contributed by atoms with Gasteiger partial charge in [0.05, 0.1) is 0 Å². The molecule has 0 N–H and O–H groups in total. The molecule has 0 atom stereocenters. The lowest BCUT2D eigenvalue weighted by Crippen LogP contribution is -2.30. The molecule has 0 fully saturated rings. The summed E-state index contributed by atoms with van der Waals surface area (Å²) in [4.78, 5) is 16.4. The first-order valence-electron chi connectivity index (χ1n) is 3.21. The Morgan fingerprint density at radius 2 is 2.50 bits per heavy atom. The van der Waals surface area contributed by atoms with Crippen molar-refractivity contribution in [3.05, 3.63) is 0 Å². The molecule has 0 aromatic rings. The zero-order valence-electron chi connectivity index (χ0n) is 5.42. The van der Waals surface area contributed by atoms with Gasteiger partial charge in [0.25, 0.3) is 5.91 Å². The fourth-order valence-electron chi connectivity index (χ4n) is 1.09. The second-order valence-corrected chi connectivity index (χ2v) is 2.30. The van der Waals surface area contributed by atoms with Gasteiger partial charge in [-0.1, -0.05) is 5.92 Å². The second kappa shape index (κ2) is 1.84. The molecule has 0 saturated carbocycles. The Kier molecular flexibility index (Phi) is 1.01. The predicted molar refractivity (Wildman–Crippen MR) is 36.4 cm³/mol. The fraction of sp³-hybridized carbons (Fsp3) is 0.429. The van der Waals surface area contributed by atoms with Crippen molar-refractivity contribution in [1.29, 1.82) is 0 Å². The SMILES string of the molecule is O=C1CN2CCC#CC2=N1. The minimum absolute atomic E-state index is 0.0637. The highest BCUT2D eigenvalue weighted by Gasteiger charge is 2.22. The van der Waals surface area contributed by atoms with Crippen LogP contribution in [0.15, 0.2) is 4.99 Å². The standard InChI is InChI=1S/C7H6N2O/c10-7-5-9-4-2-1-3-6(9)8-7/h2,4-5H2. The molecule has 0 unspecified atom stereocenters. The van der Waals surface area contributed by atoms with Gasteiger partial charge in [0.1, 0.15) is 6.54 Å². The van der Waals surface area contributed by atoms with Gasteiger partial charge in [-0.15, -0.1) is 0 Å². The van der Waals surface area contributed by atoms with Crippen LogP contribution in [0, 0.1) is 11.8 Å². The van der Waals surface area contributed by atoms with Crippen LogP contribution in [0.1, 0.15) is 6.42 Å². The highest BCUT2D eigenvalue weighted by molar-refractivity contribution is 6.10. The predicted octanol–water partition coefficient (Wildman–Crippen LogP) is -0.366. The minimum Gasteiger partial charge on any atom is -0.339 e. The Hall–Kier alpha value is -1.30. The largest absolute Gasteiger partial charge is 0.339 e. The maximum atomic E-state index is 10.7. The van der Waals surface area contributed by atoms with Crippen LogP contribution < -0.4 is 0 Å². The van der Waals surface area contributed by atoms with E-state index in [0.717, 1.165) is 13.0 Å². The van der Waals surface area contributed by atoms with E-state index < -0.39 is 0 Å². The third-order valence-corrected chi connectivity index (χ3v) is 1.56. The monoisotopic (exact) mass is 134 g/mol. The van der Waals surface area contributed by atoms with Crippen molar-refractivity contribution in [2.24, 2.45) is 4.99 Å². The van der Waals surface area contributed by atoms with E-state index in [1.165, 1.54) is 0 Å². The van der Waals surface area contributed by atoms with E-state index in [0.29, 0.717) is 12.4 Å². The number of fused-ring (bicyclic) bond motifs is 1. The summed E-state index contributed by atoms with van der Waals surface area (Å²) >= 11 is 0. The summed E-state index contributed by atoms with van der Waals surface area (Å²) in [7, 11) is 0. The van der Waals surface area contributed by atoms with Crippen LogP contribution in [0.2, 0.25) is 0 Å². The van der Waals surface area contributed by atoms with Crippen LogP contribution >= 0.6 is 0 Å². The minimum atomic E-state index is -0.0637. The number of nitrogens with zero attached hydrogens (tertiary/aromatic N) is 2. The molecule has 2 aliphatic rings. The normalized spacial score (nSPS) is 21.4. The Balaban J connectivity index is 2.35. The Morgan fingerprint density at radius 3 is 3.30 bits per heavy atom. The number of amides is 1. The zero-order valence-corrected chi connectivity index (χ0v) is 5.42. The van der Waals surface area contributed by atoms with Gasteiger partial charge in [0.15, 0.2) is 5.84 Å². The molecule has 2 heterocycles. The van der Waals surface area contributed by atoms with Gasteiger partial charge in [0, 0.05) is 13.0 Å². The van der Waals surface area contributed by atoms with E-state index in [1.807, 2.05) is 4.90 Å². The molecule has 2 aliphatic heterocycles. The topological polar surface area (TPSA) is 32.7 Å². The Labute approximate surface area is 58.7 Å². The molecule has 0 aromatic heterocycles. The number of hydrogen-bond acceptors (Lipinski definition) is 2. The maximum Gasteiger partial charge on any atom is 0.267 e. The third-order valence-electron chi connectivity index (χ3n) is 1.56. The van der Waals surface area contributed by atoms with Crippen molar-refractivity contribution >= 4 is 11.7 Å². The van der Waals surface area contributed by atoms with Gasteiger partial charge in [-0.3, -0.25) is 4.79 Å². The molecule has 0 aliphatic carbocycles. The average molecular weight is 134 g/mol. The van der Waals surface area contributed by atoms with Crippen LogP contribution in [-0.2, 0) is 4.79 Å². The molecule has 3 heteroatoms. The summed E-state index contributed by atoms with van der Waals surface area (Å²) in [5.41, 5.74) is 0. The summed E-state index contributed by atoms with van der Waals surface area (Å²) < 4.78 is 0. The first-order valence-corrected chi connectivity index (χ1v) is 3.21. The van der Waals surface area contributed by atoms with Crippen molar-refractivity contribution in [2.75, 3.05) is 13.1 Å². The molecule has 0 spiro atoms. The lowest BCUT2D eigenvalue weighted by atomic mass is 10.3. The third kappa shape index (κ3) is 0.695. The smallest absolute Gasteiger partial charge is 0.267 e. The molecular weight excluding hydrogens is 128 g/mol. The molecule has 1 amide bonds. The highest BCUT2D eigenvalue weighted by atomic mass is 16.2. The number of amidine groups is 1. The van der Waals surface area contributed by atoms with E-state index in [1.54, 1.807) is 0 Å². The van der Waals surface area contributed by atoms with Crippen molar-refractivity contribution in [3.63, 3.8) is 0 Å². The van der Waals surface area contributed by atoms with Crippen LogP contribution in [0.3, 0.4) is 0 Å². The van der Waals surface area contributed by atoms with Crippen LogP contribution in [0.25, 0.3) is 0 Å². The lowest BCUT2D eigenvalue weighted by molar-refractivity contribution is -0.117. The van der Waals surface area contributed by atoms with E-state index in [4.69, 9.17) is 0 Å². The van der Waals surface area contributed by atoms with E-state index in [-0.39, 0.29) is 5.91 Å². The zero-order chi connectivity index (χ0) is 6.97. The molecule has 0 bridgehead atoms. The highest BCUT2D eigenvalue weighted by Crippen LogP contribution is 2.05. The summed E-state index contributed by atoms with van der Waals surface area (Å²) in [6.07, 6.45) is 0.853. The van der Waals surface area contributed by atoms with Crippen LogP contribution in [-0.4, -0.2) is 29.7 Å². The van der Waals surface area contributed by atoms with Gasteiger partial charge < -0.3 is 4.90 Å². The number of carbonyl (C=O) groups excluding carboxylic acids is 1. The fourth-order valence-corrected chi connectivity index (χ4v) is 1.09. The summed E-state index contributed by atoms with van der Waals surface area (Å²) in [5, 5.41) is 0. The molecule has 0 saturated heterocycles. The summed E-state index contributed by atoms with van der Waals surface area (Å²) in [5.74, 6) is 6.32. The van der Waals surface area contributed by atoms with Gasteiger partial charge in [-0.25, -0.2) is 0 Å². The van der Waals surface area contributed by atoms with Gasteiger partial charge in [0.2, 0.25) is 0 Å². The van der Waals surface area contributed by atoms with Gasteiger partial charge >= 0.3 is 0 Å². The van der Waals surface area contributed by atoms with E-state index >= 15 is 0 Å². The van der Waals surface area contributed by atoms with Crippen molar-refractivity contribution in [3.8, 4) is 11.8 Å². The number of carbonyl (C=O) groups is 1. The van der Waals surface area contributed by atoms with Crippen LogP contribution in [0.4, 0.5) is 0 Å². The Bertz CT molecular complexity index is 269. The molecule has 10 heavy (non-hydrogen) atoms. The average Bonchev–Trinajstić information content (AvgIpc) is 2.27. The van der Waals surface area contributed by atoms with Gasteiger partial charge in [-0.2, -0.15) is 4.99 Å². The molecule has 0 aromatic carbocycles. The number of aliphatic imine (C=N–C) groups is 1.